The van der Waals surface area contributed by atoms with Crippen molar-refractivity contribution in [3.05, 3.63) is 70.3 Å². The quantitative estimate of drug-likeness (QED) is 0.914. The van der Waals surface area contributed by atoms with Gasteiger partial charge >= 0.3 is 0 Å². The lowest BCUT2D eigenvalue weighted by molar-refractivity contribution is 0.319. The fourth-order valence-corrected chi connectivity index (χ4v) is 2.82. The van der Waals surface area contributed by atoms with Crippen LogP contribution in [0.4, 0.5) is 0 Å². The molecule has 0 amide bonds. The Morgan fingerprint density at radius 3 is 2.35 bits per heavy atom. The molecule has 2 aromatic carbocycles. The Morgan fingerprint density at radius 1 is 0.900 bits per heavy atom. The summed E-state index contributed by atoms with van der Waals surface area (Å²) >= 11 is 0. The number of nitrogens with one attached hydrogen (secondary N) is 1. The maximum atomic E-state index is 3.40. The fraction of sp³-hybridized carbons (Fsp3) is 0.333. The second-order valence-electron chi connectivity index (χ2n) is 5.86. The average molecular weight is 266 g/mol. The number of fused-ring (bicyclic) bond motifs is 1. The van der Waals surface area contributed by atoms with Gasteiger partial charge in [-0.25, -0.2) is 0 Å². The summed E-state index contributed by atoms with van der Waals surface area (Å²) in [5, 5.41) is 3.40. The van der Waals surface area contributed by atoms with Crippen LogP contribution in [-0.2, 0) is 26.2 Å². The first-order chi connectivity index (χ1) is 9.70. The predicted molar refractivity (Wildman–Crippen MR) is 83.3 cm³/mol. The highest BCUT2D eigenvalue weighted by Crippen LogP contribution is 2.18. The lowest BCUT2D eigenvalue weighted by atomic mass is 10.1. The number of hydrogen-bond donors (Lipinski definition) is 1. The number of aryl methyl sites for hydroxylation is 1. The summed E-state index contributed by atoms with van der Waals surface area (Å²) in [6.45, 7) is 6.17. The zero-order chi connectivity index (χ0) is 13.9. The second kappa shape index (κ2) is 5.78. The average Bonchev–Trinajstić information content (AvgIpc) is 2.89. The van der Waals surface area contributed by atoms with E-state index >= 15 is 0 Å². The van der Waals surface area contributed by atoms with Crippen molar-refractivity contribution >= 4 is 0 Å². The van der Waals surface area contributed by atoms with Crippen LogP contribution in [0.5, 0.6) is 0 Å². The number of benzene rings is 2. The number of hydrogen-bond acceptors (Lipinski definition) is 2. The maximum Gasteiger partial charge on any atom is 0.0234 e. The van der Waals surface area contributed by atoms with Crippen LogP contribution in [-0.4, -0.2) is 11.9 Å². The minimum absolute atomic E-state index is 0.996. The zero-order valence-corrected chi connectivity index (χ0v) is 12.3. The Labute approximate surface area is 121 Å². The topological polar surface area (TPSA) is 15.3 Å². The van der Waals surface area contributed by atoms with Gasteiger partial charge in [-0.2, -0.15) is 0 Å². The van der Waals surface area contributed by atoms with Crippen molar-refractivity contribution < 1.29 is 0 Å². The van der Waals surface area contributed by atoms with Crippen LogP contribution < -0.4 is 5.32 Å². The van der Waals surface area contributed by atoms with Crippen LogP contribution in [0.1, 0.15) is 27.8 Å². The van der Waals surface area contributed by atoms with Gasteiger partial charge in [0.05, 0.1) is 0 Å². The summed E-state index contributed by atoms with van der Waals surface area (Å²) in [5.74, 6) is 0. The van der Waals surface area contributed by atoms with Crippen LogP contribution in [0.3, 0.4) is 0 Å². The molecule has 0 aliphatic carbocycles. The fourth-order valence-electron chi connectivity index (χ4n) is 2.82. The molecule has 1 N–H and O–H groups in total. The van der Waals surface area contributed by atoms with Crippen molar-refractivity contribution in [2.24, 2.45) is 0 Å². The molecule has 0 fully saturated rings. The first kappa shape index (κ1) is 13.3. The van der Waals surface area contributed by atoms with Crippen LogP contribution >= 0.6 is 0 Å². The smallest absolute Gasteiger partial charge is 0.0234 e. The normalized spacial score (nSPS) is 13.8. The molecule has 104 valence electrons. The lowest BCUT2D eigenvalue weighted by Gasteiger charge is -2.17. The third kappa shape index (κ3) is 3.09. The third-order valence-electron chi connectivity index (χ3n) is 3.93. The van der Waals surface area contributed by atoms with Gasteiger partial charge < -0.3 is 5.32 Å². The van der Waals surface area contributed by atoms with E-state index in [4.69, 9.17) is 0 Å². The minimum Gasteiger partial charge on any atom is -0.309 e. The standard InChI is InChI=1S/C18H22N2/c1-14-3-5-15(6-4-14)12-20(2)13-16-7-8-17-10-19-11-18(17)9-16/h3-9,19H,10-13H2,1-2H3. The molecule has 0 radical (unpaired) electrons. The summed E-state index contributed by atoms with van der Waals surface area (Å²) in [6, 6.07) is 15.7. The Balaban J connectivity index is 1.63. The molecule has 1 heterocycles. The van der Waals surface area contributed by atoms with Gasteiger partial charge in [-0.3, -0.25) is 4.90 Å². The van der Waals surface area contributed by atoms with Gasteiger partial charge in [0.1, 0.15) is 0 Å². The molecule has 0 saturated heterocycles. The van der Waals surface area contributed by atoms with Gasteiger partial charge in [-0.15, -0.1) is 0 Å². The van der Waals surface area contributed by atoms with E-state index < -0.39 is 0 Å². The van der Waals surface area contributed by atoms with Gasteiger partial charge in [0.25, 0.3) is 0 Å². The van der Waals surface area contributed by atoms with E-state index in [-0.39, 0.29) is 0 Å². The summed E-state index contributed by atoms with van der Waals surface area (Å²) < 4.78 is 0. The van der Waals surface area contributed by atoms with E-state index in [0.717, 1.165) is 26.2 Å². The Kier molecular flexibility index (Phi) is 3.86. The third-order valence-corrected chi connectivity index (χ3v) is 3.93. The van der Waals surface area contributed by atoms with Gasteiger partial charge in [0.15, 0.2) is 0 Å². The van der Waals surface area contributed by atoms with Gasteiger partial charge in [0.2, 0.25) is 0 Å². The molecular weight excluding hydrogens is 244 g/mol. The molecule has 2 aromatic rings. The molecule has 2 nitrogen and oxygen atoms in total. The number of rotatable bonds is 4. The molecular formula is C18H22N2. The van der Waals surface area contributed by atoms with Crippen LogP contribution in [0, 0.1) is 6.92 Å². The minimum atomic E-state index is 0.996. The molecule has 0 atom stereocenters. The molecule has 1 aliphatic heterocycles. The first-order valence-corrected chi connectivity index (χ1v) is 7.26. The molecule has 0 saturated carbocycles. The highest BCUT2D eigenvalue weighted by molar-refractivity contribution is 5.34. The van der Waals surface area contributed by atoms with Gasteiger partial charge in [-0.05, 0) is 36.2 Å². The summed E-state index contributed by atoms with van der Waals surface area (Å²) in [7, 11) is 2.19. The first-order valence-electron chi connectivity index (χ1n) is 7.26. The molecule has 0 unspecified atom stereocenters. The second-order valence-corrected chi connectivity index (χ2v) is 5.86. The molecule has 3 rings (SSSR count). The highest BCUT2D eigenvalue weighted by atomic mass is 15.1. The molecule has 0 spiro atoms. The van der Waals surface area contributed by atoms with Crippen molar-refractivity contribution in [1.82, 2.24) is 10.2 Å². The molecule has 1 aliphatic rings. The van der Waals surface area contributed by atoms with E-state index in [1.165, 1.54) is 27.8 Å². The Bertz CT molecular complexity index is 587. The molecule has 0 aromatic heterocycles. The van der Waals surface area contributed by atoms with Crippen molar-refractivity contribution in [2.75, 3.05) is 7.05 Å². The summed E-state index contributed by atoms with van der Waals surface area (Å²) in [5.41, 5.74) is 7.02. The van der Waals surface area contributed by atoms with Crippen molar-refractivity contribution in [3.8, 4) is 0 Å². The number of nitrogens with zero attached hydrogens (tertiary/aromatic N) is 1. The zero-order valence-electron chi connectivity index (χ0n) is 12.3. The van der Waals surface area contributed by atoms with E-state index in [2.05, 4.69) is 66.7 Å². The Morgan fingerprint density at radius 2 is 1.55 bits per heavy atom. The van der Waals surface area contributed by atoms with Crippen LogP contribution in [0.2, 0.25) is 0 Å². The van der Waals surface area contributed by atoms with Crippen molar-refractivity contribution in [1.29, 1.82) is 0 Å². The largest absolute Gasteiger partial charge is 0.309 e. The van der Waals surface area contributed by atoms with Gasteiger partial charge in [0, 0.05) is 26.2 Å². The summed E-state index contributed by atoms with van der Waals surface area (Å²) in [6.07, 6.45) is 0. The Hall–Kier alpha value is -1.64. The lowest BCUT2D eigenvalue weighted by Crippen LogP contribution is -2.17. The van der Waals surface area contributed by atoms with Crippen LogP contribution in [0.15, 0.2) is 42.5 Å². The van der Waals surface area contributed by atoms with E-state index in [9.17, 15) is 0 Å². The predicted octanol–water partition coefficient (Wildman–Crippen LogP) is 3.23. The van der Waals surface area contributed by atoms with E-state index in [1.807, 2.05) is 0 Å². The van der Waals surface area contributed by atoms with E-state index in [0.29, 0.717) is 0 Å². The molecule has 20 heavy (non-hydrogen) atoms. The SMILES string of the molecule is Cc1ccc(CN(C)Cc2ccc3c(c2)CNC3)cc1. The maximum absolute atomic E-state index is 3.40. The van der Waals surface area contributed by atoms with Crippen molar-refractivity contribution in [2.45, 2.75) is 33.1 Å². The monoisotopic (exact) mass is 266 g/mol. The van der Waals surface area contributed by atoms with Crippen LogP contribution in [0.25, 0.3) is 0 Å². The molecule has 0 bridgehead atoms. The highest BCUT2D eigenvalue weighted by Gasteiger charge is 2.10. The van der Waals surface area contributed by atoms with E-state index in [1.54, 1.807) is 0 Å². The molecule has 2 heteroatoms. The van der Waals surface area contributed by atoms with Gasteiger partial charge in [-0.1, -0.05) is 48.0 Å². The summed E-state index contributed by atoms with van der Waals surface area (Å²) in [4.78, 5) is 2.37. The van der Waals surface area contributed by atoms with Crippen molar-refractivity contribution in [3.63, 3.8) is 0 Å².